The summed E-state index contributed by atoms with van der Waals surface area (Å²) in [5.41, 5.74) is 7.52. The van der Waals surface area contributed by atoms with Gasteiger partial charge in [-0.2, -0.15) is 0 Å². The minimum absolute atomic E-state index is 0.794. The van der Waals surface area contributed by atoms with Gasteiger partial charge in [-0.1, -0.05) is 12.8 Å². The van der Waals surface area contributed by atoms with Crippen LogP contribution in [-0.4, -0.2) is 27.6 Å². The minimum atomic E-state index is 0.794. The smallest absolute Gasteiger partial charge is 0.154 e. The van der Waals surface area contributed by atoms with E-state index in [9.17, 15) is 0 Å². The summed E-state index contributed by atoms with van der Waals surface area (Å²) in [6.45, 7) is 1.73. The van der Waals surface area contributed by atoms with Crippen molar-refractivity contribution in [1.82, 2.24) is 14.5 Å². The Balaban J connectivity index is 1.88. The van der Waals surface area contributed by atoms with E-state index in [1.807, 2.05) is 30.2 Å². The molecule has 98 valence electrons. The second kappa shape index (κ2) is 6.35. The normalized spacial score (nSPS) is 11.0. The molecule has 0 radical (unpaired) electrons. The largest absolute Gasteiger partial charge is 0.368 e. The number of pyridine rings is 1. The molecule has 18 heavy (non-hydrogen) atoms. The summed E-state index contributed by atoms with van der Waals surface area (Å²) in [6, 6.07) is 1.98. The molecule has 0 saturated heterocycles. The van der Waals surface area contributed by atoms with Gasteiger partial charge in [0.25, 0.3) is 0 Å². The number of nitrogens with one attached hydrogen (secondary N) is 1. The number of hydrogen-bond acceptors (Lipinski definition) is 4. The van der Waals surface area contributed by atoms with Crippen LogP contribution in [0.4, 0.5) is 5.82 Å². The Labute approximate surface area is 107 Å². The molecule has 0 aliphatic heterocycles. The second-order valence-electron chi connectivity index (χ2n) is 4.51. The molecule has 5 heteroatoms. The molecule has 0 fully saturated rings. The van der Waals surface area contributed by atoms with Gasteiger partial charge in [0.05, 0.1) is 11.8 Å². The molecule has 0 aromatic carbocycles. The Morgan fingerprint density at radius 1 is 1.22 bits per heavy atom. The van der Waals surface area contributed by atoms with Crippen molar-refractivity contribution in [1.29, 1.82) is 0 Å². The highest BCUT2D eigenvalue weighted by Gasteiger charge is 2.05. The average molecular weight is 247 g/mol. The highest BCUT2D eigenvalue weighted by atomic mass is 15.1. The van der Waals surface area contributed by atoms with E-state index in [1.54, 1.807) is 0 Å². The summed E-state index contributed by atoms with van der Waals surface area (Å²) in [5.74, 6) is 0.881. The maximum absolute atomic E-state index is 5.46. The van der Waals surface area contributed by atoms with Crippen molar-refractivity contribution in [2.45, 2.75) is 25.7 Å². The zero-order valence-electron chi connectivity index (χ0n) is 10.9. The number of anilines is 1. The number of rotatable bonds is 7. The number of nitrogens with two attached hydrogens (primary N) is 1. The summed E-state index contributed by atoms with van der Waals surface area (Å²) < 4.78 is 2.00. The van der Waals surface area contributed by atoms with Crippen molar-refractivity contribution in [3.05, 3.63) is 18.6 Å². The summed E-state index contributed by atoms with van der Waals surface area (Å²) >= 11 is 0. The summed E-state index contributed by atoms with van der Waals surface area (Å²) in [5, 5.41) is 3.36. The Morgan fingerprint density at radius 2 is 2.06 bits per heavy atom. The minimum Gasteiger partial charge on any atom is -0.368 e. The summed E-state index contributed by atoms with van der Waals surface area (Å²) in [7, 11) is 1.99. The number of aryl methyl sites for hydroxylation is 1. The Bertz CT molecular complexity index is 491. The first-order valence-corrected chi connectivity index (χ1v) is 6.53. The monoisotopic (exact) mass is 247 g/mol. The van der Waals surface area contributed by atoms with Crippen LogP contribution >= 0.6 is 0 Å². The highest BCUT2D eigenvalue weighted by Crippen LogP contribution is 2.18. The number of fused-ring (bicyclic) bond motifs is 1. The van der Waals surface area contributed by atoms with Gasteiger partial charge in [0.1, 0.15) is 5.52 Å². The van der Waals surface area contributed by atoms with Gasteiger partial charge in [0, 0.05) is 19.8 Å². The Kier molecular flexibility index (Phi) is 4.52. The van der Waals surface area contributed by atoms with Gasteiger partial charge in [0.2, 0.25) is 0 Å². The van der Waals surface area contributed by atoms with Crippen molar-refractivity contribution in [3.63, 3.8) is 0 Å². The van der Waals surface area contributed by atoms with Crippen LogP contribution in [0, 0.1) is 0 Å². The van der Waals surface area contributed by atoms with E-state index in [-0.39, 0.29) is 0 Å². The van der Waals surface area contributed by atoms with Gasteiger partial charge in [-0.15, -0.1) is 0 Å². The quantitative estimate of drug-likeness (QED) is 0.733. The molecule has 0 amide bonds. The van der Waals surface area contributed by atoms with E-state index >= 15 is 0 Å². The molecule has 2 aromatic rings. The van der Waals surface area contributed by atoms with Crippen LogP contribution in [0.15, 0.2) is 18.6 Å². The van der Waals surface area contributed by atoms with Crippen molar-refractivity contribution in [2.75, 3.05) is 18.4 Å². The van der Waals surface area contributed by atoms with Crippen LogP contribution in [-0.2, 0) is 7.05 Å². The van der Waals surface area contributed by atoms with Gasteiger partial charge < -0.3 is 15.6 Å². The third-order valence-corrected chi connectivity index (χ3v) is 3.07. The standard InChI is InChI=1S/C13H21N5/c1-18-10-17-12-11(18)6-9-16-13(12)15-8-5-3-2-4-7-14/h6,9-10H,2-5,7-8,14H2,1H3,(H,15,16). The van der Waals surface area contributed by atoms with Crippen molar-refractivity contribution in [2.24, 2.45) is 12.8 Å². The molecule has 0 bridgehead atoms. The topological polar surface area (TPSA) is 68.8 Å². The van der Waals surface area contributed by atoms with Crippen molar-refractivity contribution in [3.8, 4) is 0 Å². The molecule has 3 N–H and O–H groups in total. The van der Waals surface area contributed by atoms with Crippen LogP contribution in [0.25, 0.3) is 11.0 Å². The van der Waals surface area contributed by atoms with Crippen LogP contribution in [0.2, 0.25) is 0 Å². The molecule has 0 saturated carbocycles. The molecular formula is C13H21N5. The predicted molar refractivity (Wildman–Crippen MR) is 74.5 cm³/mol. The van der Waals surface area contributed by atoms with E-state index in [0.717, 1.165) is 42.8 Å². The molecule has 2 heterocycles. The van der Waals surface area contributed by atoms with E-state index in [2.05, 4.69) is 15.3 Å². The first kappa shape index (κ1) is 12.8. The third kappa shape index (κ3) is 2.98. The zero-order chi connectivity index (χ0) is 12.8. The lowest BCUT2D eigenvalue weighted by Gasteiger charge is -2.06. The highest BCUT2D eigenvalue weighted by molar-refractivity contribution is 5.85. The molecule has 5 nitrogen and oxygen atoms in total. The summed E-state index contributed by atoms with van der Waals surface area (Å²) in [6.07, 6.45) is 8.32. The zero-order valence-corrected chi connectivity index (χ0v) is 10.9. The van der Waals surface area contributed by atoms with E-state index in [4.69, 9.17) is 5.73 Å². The number of hydrogen-bond donors (Lipinski definition) is 2. The fourth-order valence-corrected chi connectivity index (χ4v) is 2.02. The molecule has 0 unspecified atom stereocenters. The van der Waals surface area contributed by atoms with Crippen LogP contribution in [0.1, 0.15) is 25.7 Å². The molecule has 0 atom stereocenters. The fraction of sp³-hybridized carbons (Fsp3) is 0.538. The number of aromatic nitrogens is 3. The number of imidazole rings is 1. The Morgan fingerprint density at radius 3 is 2.89 bits per heavy atom. The lowest BCUT2D eigenvalue weighted by Crippen LogP contribution is -2.04. The molecule has 0 spiro atoms. The first-order chi connectivity index (χ1) is 8.83. The first-order valence-electron chi connectivity index (χ1n) is 6.53. The fourth-order valence-electron chi connectivity index (χ4n) is 2.02. The van der Waals surface area contributed by atoms with Crippen LogP contribution in [0.3, 0.4) is 0 Å². The number of unbranched alkanes of at least 4 members (excludes halogenated alkanes) is 3. The lowest BCUT2D eigenvalue weighted by molar-refractivity contribution is 0.661. The molecular weight excluding hydrogens is 226 g/mol. The molecule has 2 aromatic heterocycles. The second-order valence-corrected chi connectivity index (χ2v) is 4.51. The van der Waals surface area contributed by atoms with Gasteiger partial charge in [-0.3, -0.25) is 0 Å². The van der Waals surface area contributed by atoms with Gasteiger partial charge in [-0.05, 0) is 25.5 Å². The van der Waals surface area contributed by atoms with Crippen molar-refractivity contribution < 1.29 is 0 Å². The Hall–Kier alpha value is -1.62. The molecule has 2 rings (SSSR count). The maximum atomic E-state index is 5.46. The third-order valence-electron chi connectivity index (χ3n) is 3.07. The van der Waals surface area contributed by atoms with E-state index in [0.29, 0.717) is 0 Å². The average Bonchev–Trinajstić information content (AvgIpc) is 2.77. The van der Waals surface area contributed by atoms with Crippen LogP contribution < -0.4 is 11.1 Å². The van der Waals surface area contributed by atoms with Gasteiger partial charge >= 0.3 is 0 Å². The SMILES string of the molecule is Cn1cnc2c(NCCCCCCN)nccc21. The molecule has 0 aliphatic carbocycles. The number of nitrogens with zero attached hydrogens (tertiary/aromatic N) is 3. The van der Waals surface area contributed by atoms with Gasteiger partial charge in [-0.25, -0.2) is 9.97 Å². The lowest BCUT2D eigenvalue weighted by atomic mass is 10.2. The van der Waals surface area contributed by atoms with Crippen molar-refractivity contribution >= 4 is 16.9 Å². The summed E-state index contributed by atoms with van der Waals surface area (Å²) in [4.78, 5) is 8.72. The van der Waals surface area contributed by atoms with Crippen LogP contribution in [0.5, 0.6) is 0 Å². The predicted octanol–water partition coefficient (Wildman–Crippen LogP) is 1.90. The molecule has 0 aliphatic rings. The van der Waals surface area contributed by atoms with Gasteiger partial charge in [0.15, 0.2) is 5.82 Å². The van der Waals surface area contributed by atoms with E-state index < -0.39 is 0 Å². The maximum Gasteiger partial charge on any atom is 0.154 e. The van der Waals surface area contributed by atoms with E-state index in [1.165, 1.54) is 12.8 Å².